The minimum atomic E-state index is -0.163. The van der Waals surface area contributed by atoms with E-state index in [-0.39, 0.29) is 35.3 Å². The molecule has 1 saturated heterocycles. The summed E-state index contributed by atoms with van der Waals surface area (Å²) in [7, 11) is 0. The van der Waals surface area contributed by atoms with Crippen LogP contribution in [0.1, 0.15) is 32.1 Å². The lowest BCUT2D eigenvalue weighted by Gasteiger charge is -2.26. The van der Waals surface area contributed by atoms with Gasteiger partial charge in [0.25, 0.3) is 5.56 Å². The number of hydrogen-bond donors (Lipinski definition) is 1. The molecule has 2 unspecified atom stereocenters. The van der Waals surface area contributed by atoms with Gasteiger partial charge >= 0.3 is 0 Å². The van der Waals surface area contributed by atoms with Gasteiger partial charge < -0.3 is 14.8 Å². The van der Waals surface area contributed by atoms with E-state index in [4.69, 9.17) is 0 Å². The van der Waals surface area contributed by atoms with Crippen molar-refractivity contribution in [2.45, 2.75) is 44.7 Å². The standard InChI is InChI=1S/C18H23N3O3/c22-15-6-1-2-8-20(15)11-16(23)21-9-7-18(12-21)10-14(18)17(24)19-13-4-3-5-13/h1-2,6,8,13-14H,3-5,7,9-12H2,(H,19,24). The Hall–Kier alpha value is -2.11. The van der Waals surface area contributed by atoms with E-state index in [2.05, 4.69) is 5.32 Å². The van der Waals surface area contributed by atoms with E-state index in [1.807, 2.05) is 4.90 Å². The molecule has 0 aromatic carbocycles. The van der Waals surface area contributed by atoms with E-state index >= 15 is 0 Å². The van der Waals surface area contributed by atoms with E-state index in [0.717, 1.165) is 25.7 Å². The van der Waals surface area contributed by atoms with Crippen LogP contribution in [0.4, 0.5) is 0 Å². The van der Waals surface area contributed by atoms with E-state index in [1.54, 1.807) is 18.3 Å². The predicted molar refractivity (Wildman–Crippen MR) is 88.2 cm³/mol. The van der Waals surface area contributed by atoms with Crippen LogP contribution in [0.15, 0.2) is 29.2 Å². The maximum Gasteiger partial charge on any atom is 0.250 e. The van der Waals surface area contributed by atoms with Crippen molar-refractivity contribution in [1.82, 2.24) is 14.8 Å². The molecule has 128 valence electrons. The molecule has 2 amide bonds. The number of pyridine rings is 1. The van der Waals surface area contributed by atoms with Gasteiger partial charge in [-0.3, -0.25) is 14.4 Å². The third-order valence-electron chi connectivity index (χ3n) is 5.90. The highest BCUT2D eigenvalue weighted by atomic mass is 16.2. The summed E-state index contributed by atoms with van der Waals surface area (Å²) in [5, 5.41) is 3.13. The number of carbonyl (C=O) groups excluding carboxylic acids is 2. The summed E-state index contributed by atoms with van der Waals surface area (Å²) in [5.74, 6) is 0.203. The molecule has 6 nitrogen and oxygen atoms in total. The third-order valence-corrected chi connectivity index (χ3v) is 5.90. The van der Waals surface area contributed by atoms with Crippen molar-refractivity contribution in [2.75, 3.05) is 13.1 Å². The molecule has 3 fully saturated rings. The highest BCUT2D eigenvalue weighted by Crippen LogP contribution is 2.58. The lowest BCUT2D eigenvalue weighted by Crippen LogP contribution is -2.41. The number of aromatic nitrogens is 1. The van der Waals surface area contributed by atoms with Crippen LogP contribution in [0.2, 0.25) is 0 Å². The van der Waals surface area contributed by atoms with Crippen LogP contribution in [0, 0.1) is 11.3 Å². The van der Waals surface area contributed by atoms with Crippen molar-refractivity contribution in [3.8, 4) is 0 Å². The second kappa shape index (κ2) is 5.76. The number of nitrogens with one attached hydrogen (secondary N) is 1. The Bertz CT molecular complexity index is 724. The highest BCUT2D eigenvalue weighted by molar-refractivity contribution is 5.84. The average molecular weight is 329 g/mol. The van der Waals surface area contributed by atoms with Crippen molar-refractivity contribution in [3.63, 3.8) is 0 Å². The zero-order valence-electron chi connectivity index (χ0n) is 13.7. The first-order valence-electron chi connectivity index (χ1n) is 8.81. The molecule has 2 saturated carbocycles. The first-order chi connectivity index (χ1) is 11.6. The van der Waals surface area contributed by atoms with E-state index < -0.39 is 0 Å². The Balaban J connectivity index is 1.33. The quantitative estimate of drug-likeness (QED) is 0.886. The maximum atomic E-state index is 12.5. The molecule has 2 atom stereocenters. The SMILES string of the molecule is O=C(NC1CCC1)C1CC12CCN(C(=O)Cn1ccccc1=O)C2. The number of likely N-dealkylation sites (tertiary alicyclic amines) is 1. The predicted octanol–water partition coefficient (Wildman–Crippen LogP) is 0.756. The second-order valence-corrected chi connectivity index (χ2v) is 7.49. The average Bonchev–Trinajstić information content (AvgIpc) is 3.05. The summed E-state index contributed by atoms with van der Waals surface area (Å²) in [6, 6.07) is 5.26. The summed E-state index contributed by atoms with van der Waals surface area (Å²) in [6.45, 7) is 1.42. The Morgan fingerprint density at radius 3 is 2.83 bits per heavy atom. The van der Waals surface area contributed by atoms with Crippen LogP contribution in [0.5, 0.6) is 0 Å². The topological polar surface area (TPSA) is 71.4 Å². The number of rotatable bonds is 4. The highest BCUT2D eigenvalue weighted by Gasteiger charge is 2.61. The summed E-state index contributed by atoms with van der Waals surface area (Å²) in [4.78, 5) is 38.3. The molecule has 1 N–H and O–H groups in total. The van der Waals surface area contributed by atoms with Gasteiger partial charge in [-0.1, -0.05) is 6.07 Å². The van der Waals surface area contributed by atoms with Crippen LogP contribution in [0.25, 0.3) is 0 Å². The molecule has 24 heavy (non-hydrogen) atoms. The lowest BCUT2D eigenvalue weighted by molar-refractivity contribution is -0.131. The van der Waals surface area contributed by atoms with Crippen molar-refractivity contribution in [3.05, 3.63) is 34.7 Å². The Morgan fingerprint density at radius 2 is 2.12 bits per heavy atom. The Labute approximate surface area is 140 Å². The fraction of sp³-hybridized carbons (Fsp3) is 0.611. The molecule has 6 heteroatoms. The molecule has 1 aromatic rings. The summed E-state index contributed by atoms with van der Waals surface area (Å²) >= 11 is 0. The normalized spacial score (nSPS) is 28.7. The van der Waals surface area contributed by atoms with Gasteiger partial charge in [-0.15, -0.1) is 0 Å². The van der Waals surface area contributed by atoms with Gasteiger partial charge in [-0.05, 0) is 38.2 Å². The van der Waals surface area contributed by atoms with Gasteiger partial charge in [0.15, 0.2) is 0 Å². The minimum absolute atomic E-state index is 0.00879. The van der Waals surface area contributed by atoms with E-state index in [1.165, 1.54) is 17.1 Å². The molecule has 2 heterocycles. The first-order valence-corrected chi connectivity index (χ1v) is 8.81. The smallest absolute Gasteiger partial charge is 0.250 e. The number of carbonyl (C=O) groups is 2. The fourth-order valence-electron chi connectivity index (χ4n) is 3.97. The zero-order valence-corrected chi connectivity index (χ0v) is 13.7. The number of amides is 2. The molecular formula is C18H23N3O3. The monoisotopic (exact) mass is 329 g/mol. The number of hydrogen-bond acceptors (Lipinski definition) is 3. The Kier molecular flexibility index (Phi) is 3.70. The summed E-state index contributed by atoms with van der Waals surface area (Å²) in [5.41, 5.74) is -0.172. The van der Waals surface area contributed by atoms with Crippen molar-refractivity contribution in [1.29, 1.82) is 0 Å². The van der Waals surface area contributed by atoms with E-state index in [0.29, 0.717) is 19.1 Å². The van der Waals surface area contributed by atoms with Crippen molar-refractivity contribution in [2.24, 2.45) is 11.3 Å². The zero-order chi connectivity index (χ0) is 16.7. The van der Waals surface area contributed by atoms with Crippen LogP contribution in [-0.4, -0.2) is 40.4 Å². The lowest BCUT2D eigenvalue weighted by atomic mass is 9.92. The molecule has 1 aromatic heterocycles. The molecule has 3 aliphatic rings. The van der Waals surface area contributed by atoms with Crippen LogP contribution >= 0.6 is 0 Å². The molecule has 1 aliphatic heterocycles. The van der Waals surface area contributed by atoms with Gasteiger partial charge in [-0.2, -0.15) is 0 Å². The van der Waals surface area contributed by atoms with Crippen molar-refractivity contribution < 1.29 is 9.59 Å². The minimum Gasteiger partial charge on any atom is -0.353 e. The maximum absolute atomic E-state index is 12.5. The fourth-order valence-corrected chi connectivity index (χ4v) is 3.97. The Morgan fingerprint density at radius 1 is 1.29 bits per heavy atom. The summed E-state index contributed by atoms with van der Waals surface area (Å²) < 4.78 is 1.43. The van der Waals surface area contributed by atoms with Gasteiger partial charge in [-0.25, -0.2) is 0 Å². The van der Waals surface area contributed by atoms with Crippen molar-refractivity contribution >= 4 is 11.8 Å². The molecular weight excluding hydrogens is 306 g/mol. The van der Waals surface area contributed by atoms with Crippen LogP contribution < -0.4 is 10.9 Å². The van der Waals surface area contributed by atoms with Gasteiger partial charge in [0.05, 0.1) is 0 Å². The summed E-state index contributed by atoms with van der Waals surface area (Å²) in [6.07, 6.45) is 6.83. The molecule has 4 rings (SSSR count). The van der Waals surface area contributed by atoms with Gasteiger partial charge in [0.2, 0.25) is 11.8 Å². The molecule has 0 radical (unpaired) electrons. The van der Waals surface area contributed by atoms with Gasteiger partial charge in [0.1, 0.15) is 6.54 Å². The molecule has 0 bridgehead atoms. The molecule has 2 aliphatic carbocycles. The van der Waals surface area contributed by atoms with E-state index in [9.17, 15) is 14.4 Å². The molecule has 1 spiro atoms. The van der Waals surface area contributed by atoms with Crippen LogP contribution in [-0.2, 0) is 16.1 Å². The number of nitrogens with zero attached hydrogens (tertiary/aromatic N) is 2. The largest absolute Gasteiger partial charge is 0.353 e. The van der Waals surface area contributed by atoms with Crippen LogP contribution in [0.3, 0.4) is 0 Å². The van der Waals surface area contributed by atoms with Gasteiger partial charge in [0, 0.05) is 42.7 Å². The second-order valence-electron chi connectivity index (χ2n) is 7.49. The first kappa shape index (κ1) is 15.4. The third kappa shape index (κ3) is 2.74.